The zero-order valence-electron chi connectivity index (χ0n) is 13.4. The molecule has 1 aromatic carbocycles. The molecule has 1 aliphatic rings. The molecule has 3 rings (SSSR count). The number of rotatable bonds is 5. The highest BCUT2D eigenvalue weighted by atomic mass is 35.5. The lowest BCUT2D eigenvalue weighted by Crippen LogP contribution is -2.48. The third-order valence-electron chi connectivity index (χ3n) is 3.99. The third-order valence-corrected chi connectivity index (χ3v) is 6.11. The lowest BCUT2D eigenvalue weighted by atomic mass is 10.2. The predicted molar refractivity (Wildman–Crippen MR) is 91.1 cm³/mol. The van der Waals surface area contributed by atoms with E-state index in [1.165, 1.54) is 4.31 Å². The van der Waals surface area contributed by atoms with Gasteiger partial charge in [-0.2, -0.15) is 9.29 Å². The van der Waals surface area contributed by atoms with Gasteiger partial charge in [-0.1, -0.05) is 22.8 Å². The van der Waals surface area contributed by atoms with Gasteiger partial charge in [0, 0.05) is 36.8 Å². The van der Waals surface area contributed by atoms with Crippen LogP contribution < -0.4 is 0 Å². The van der Waals surface area contributed by atoms with Gasteiger partial charge in [0.25, 0.3) is 5.89 Å². The second-order valence-electron chi connectivity index (χ2n) is 5.60. The van der Waals surface area contributed by atoms with Crippen LogP contribution in [0.25, 0.3) is 11.5 Å². The van der Waals surface area contributed by atoms with Gasteiger partial charge < -0.3 is 4.52 Å². The van der Waals surface area contributed by atoms with E-state index >= 15 is 0 Å². The smallest absolute Gasteiger partial charge is 0.258 e. The van der Waals surface area contributed by atoms with Gasteiger partial charge in [0.1, 0.15) is 0 Å². The summed E-state index contributed by atoms with van der Waals surface area (Å²) in [4.78, 5) is 6.51. The molecule has 2 aromatic rings. The van der Waals surface area contributed by atoms with Crippen LogP contribution >= 0.6 is 11.6 Å². The summed E-state index contributed by atoms with van der Waals surface area (Å²) in [5.41, 5.74) is 0.778. The normalized spacial score (nSPS) is 17.2. The largest absolute Gasteiger partial charge is 0.334 e. The molecule has 2 heterocycles. The van der Waals surface area contributed by atoms with Gasteiger partial charge in [-0.05, 0) is 25.1 Å². The first kappa shape index (κ1) is 17.3. The van der Waals surface area contributed by atoms with Crippen molar-refractivity contribution >= 4 is 21.6 Å². The maximum atomic E-state index is 11.9. The molecular formula is C15H19ClN4O3S. The number of sulfonamides is 1. The van der Waals surface area contributed by atoms with Crippen LogP contribution in [0.3, 0.4) is 0 Å². The summed E-state index contributed by atoms with van der Waals surface area (Å²) in [7, 11) is -3.11. The number of halogens is 1. The summed E-state index contributed by atoms with van der Waals surface area (Å²) in [6.07, 6.45) is 0. The van der Waals surface area contributed by atoms with Crippen molar-refractivity contribution < 1.29 is 12.9 Å². The number of hydrogen-bond donors (Lipinski definition) is 0. The first-order chi connectivity index (χ1) is 11.5. The number of hydrogen-bond acceptors (Lipinski definition) is 6. The summed E-state index contributed by atoms with van der Waals surface area (Å²) in [5, 5.41) is 4.61. The number of benzene rings is 1. The van der Waals surface area contributed by atoms with Crippen LogP contribution in [0.1, 0.15) is 12.7 Å². The Morgan fingerprint density at radius 2 is 2.00 bits per heavy atom. The molecule has 0 aliphatic carbocycles. The maximum absolute atomic E-state index is 11.9. The molecule has 0 bridgehead atoms. The standard InChI is InChI=1S/C15H19ClN4O3S/c1-2-24(21,22)20-8-6-19(7-9-20)11-14-17-15(23-18-14)12-4-3-5-13(16)10-12/h3-5,10H,2,6-9,11H2,1H3. The van der Waals surface area contributed by atoms with E-state index in [-0.39, 0.29) is 5.75 Å². The summed E-state index contributed by atoms with van der Waals surface area (Å²) < 4.78 is 30.6. The molecule has 0 radical (unpaired) electrons. The van der Waals surface area contributed by atoms with Crippen LogP contribution in [0, 0.1) is 0 Å². The van der Waals surface area contributed by atoms with Crippen LogP contribution in [-0.4, -0.2) is 59.7 Å². The number of aromatic nitrogens is 2. The Balaban J connectivity index is 1.60. The second kappa shape index (κ2) is 7.18. The quantitative estimate of drug-likeness (QED) is 0.799. The van der Waals surface area contributed by atoms with E-state index in [0.717, 1.165) is 5.56 Å². The first-order valence-electron chi connectivity index (χ1n) is 7.76. The van der Waals surface area contributed by atoms with E-state index in [0.29, 0.717) is 49.5 Å². The number of piperazine rings is 1. The lowest BCUT2D eigenvalue weighted by molar-refractivity contribution is 0.176. The van der Waals surface area contributed by atoms with E-state index in [9.17, 15) is 8.42 Å². The molecule has 130 valence electrons. The molecule has 0 spiro atoms. The van der Waals surface area contributed by atoms with Crippen LogP contribution in [-0.2, 0) is 16.6 Å². The molecule has 1 aliphatic heterocycles. The molecule has 0 saturated carbocycles. The highest BCUT2D eigenvalue weighted by molar-refractivity contribution is 7.89. The molecular weight excluding hydrogens is 352 g/mol. The number of nitrogens with zero attached hydrogens (tertiary/aromatic N) is 4. The fraction of sp³-hybridized carbons (Fsp3) is 0.467. The minimum atomic E-state index is -3.11. The Morgan fingerprint density at radius 1 is 1.25 bits per heavy atom. The molecule has 9 heteroatoms. The summed E-state index contributed by atoms with van der Waals surface area (Å²) in [5.74, 6) is 1.15. The Kier molecular flexibility index (Phi) is 5.19. The van der Waals surface area contributed by atoms with Gasteiger partial charge in [-0.25, -0.2) is 8.42 Å². The summed E-state index contributed by atoms with van der Waals surface area (Å²) in [6, 6.07) is 7.24. The highest BCUT2D eigenvalue weighted by Crippen LogP contribution is 2.21. The third kappa shape index (κ3) is 3.94. The van der Waals surface area contributed by atoms with E-state index in [4.69, 9.17) is 16.1 Å². The van der Waals surface area contributed by atoms with Gasteiger partial charge in [-0.3, -0.25) is 4.90 Å². The predicted octanol–water partition coefficient (Wildman–Crippen LogP) is 1.86. The Labute approximate surface area is 146 Å². The Bertz CT molecular complexity index is 801. The van der Waals surface area contributed by atoms with Crippen LogP contribution in [0.4, 0.5) is 0 Å². The van der Waals surface area contributed by atoms with E-state index in [2.05, 4.69) is 15.0 Å². The monoisotopic (exact) mass is 370 g/mol. The SMILES string of the molecule is CCS(=O)(=O)N1CCN(Cc2noc(-c3cccc(Cl)c3)n2)CC1. The second-order valence-corrected chi connectivity index (χ2v) is 8.30. The van der Waals surface area contributed by atoms with Gasteiger partial charge in [-0.15, -0.1) is 0 Å². The fourth-order valence-electron chi connectivity index (χ4n) is 2.61. The maximum Gasteiger partial charge on any atom is 0.258 e. The lowest BCUT2D eigenvalue weighted by Gasteiger charge is -2.32. The van der Waals surface area contributed by atoms with Gasteiger partial charge in [0.15, 0.2) is 5.82 Å². The molecule has 1 aromatic heterocycles. The Morgan fingerprint density at radius 3 is 2.67 bits per heavy atom. The van der Waals surface area contributed by atoms with Crippen LogP contribution in [0.2, 0.25) is 5.02 Å². The molecule has 0 unspecified atom stereocenters. The van der Waals surface area contributed by atoms with Gasteiger partial charge in [0.05, 0.1) is 12.3 Å². The van der Waals surface area contributed by atoms with Gasteiger partial charge >= 0.3 is 0 Å². The fourth-order valence-corrected chi connectivity index (χ4v) is 3.88. The zero-order valence-corrected chi connectivity index (χ0v) is 14.9. The highest BCUT2D eigenvalue weighted by Gasteiger charge is 2.26. The van der Waals surface area contributed by atoms with Crippen molar-refractivity contribution in [3.63, 3.8) is 0 Å². The zero-order chi connectivity index (χ0) is 17.2. The average molecular weight is 371 g/mol. The molecule has 1 saturated heterocycles. The van der Waals surface area contributed by atoms with E-state index < -0.39 is 10.0 Å². The average Bonchev–Trinajstić information content (AvgIpc) is 3.04. The molecule has 7 nitrogen and oxygen atoms in total. The van der Waals surface area contributed by atoms with E-state index in [1.807, 2.05) is 12.1 Å². The van der Waals surface area contributed by atoms with E-state index in [1.54, 1.807) is 19.1 Å². The van der Waals surface area contributed by atoms with Gasteiger partial charge in [0.2, 0.25) is 10.0 Å². The summed E-state index contributed by atoms with van der Waals surface area (Å²) in [6.45, 7) is 4.49. The van der Waals surface area contributed by atoms with Crippen molar-refractivity contribution in [2.45, 2.75) is 13.5 Å². The molecule has 0 atom stereocenters. The molecule has 24 heavy (non-hydrogen) atoms. The Hall–Kier alpha value is -1.48. The van der Waals surface area contributed by atoms with Crippen molar-refractivity contribution in [3.8, 4) is 11.5 Å². The van der Waals surface area contributed by atoms with Crippen molar-refractivity contribution in [2.75, 3.05) is 31.9 Å². The van der Waals surface area contributed by atoms with Crippen molar-refractivity contribution in [2.24, 2.45) is 0 Å². The van der Waals surface area contributed by atoms with Crippen molar-refractivity contribution in [3.05, 3.63) is 35.1 Å². The van der Waals surface area contributed by atoms with Crippen molar-refractivity contribution in [1.82, 2.24) is 19.3 Å². The van der Waals surface area contributed by atoms with Crippen LogP contribution in [0.15, 0.2) is 28.8 Å². The summed E-state index contributed by atoms with van der Waals surface area (Å²) >= 11 is 5.97. The first-order valence-corrected chi connectivity index (χ1v) is 9.75. The molecule has 0 N–H and O–H groups in total. The van der Waals surface area contributed by atoms with Crippen molar-refractivity contribution in [1.29, 1.82) is 0 Å². The topological polar surface area (TPSA) is 79.5 Å². The minimum absolute atomic E-state index is 0.140. The van der Waals surface area contributed by atoms with Crippen LogP contribution in [0.5, 0.6) is 0 Å². The minimum Gasteiger partial charge on any atom is -0.334 e. The molecule has 0 amide bonds. The molecule has 1 fully saturated rings.